The first-order chi connectivity index (χ1) is 11.8. The van der Waals surface area contributed by atoms with Crippen molar-refractivity contribution >= 4 is 11.7 Å². The van der Waals surface area contributed by atoms with Gasteiger partial charge in [-0.15, -0.1) is 0 Å². The molecule has 0 N–H and O–H groups in total. The zero-order chi connectivity index (χ0) is 18.0. The van der Waals surface area contributed by atoms with Crippen molar-refractivity contribution in [3.05, 3.63) is 12.2 Å². The van der Waals surface area contributed by atoms with Crippen LogP contribution in [0.25, 0.3) is 0 Å². The molecule has 1 amide bonds. The van der Waals surface area contributed by atoms with Crippen molar-refractivity contribution in [2.24, 2.45) is 34.5 Å². The van der Waals surface area contributed by atoms with Gasteiger partial charge in [-0.05, 0) is 55.9 Å². The van der Waals surface area contributed by atoms with Crippen LogP contribution in [0.1, 0.15) is 46.0 Å². The van der Waals surface area contributed by atoms with E-state index >= 15 is 0 Å². The monoisotopic (exact) mass is 345 g/mol. The molecule has 0 aromatic heterocycles. The lowest BCUT2D eigenvalue weighted by Crippen LogP contribution is -2.59. The number of likely N-dealkylation sites (N-methyl/N-ethyl adjacent to an activating group) is 1. The summed E-state index contributed by atoms with van der Waals surface area (Å²) in [7, 11) is 3.65. The van der Waals surface area contributed by atoms with E-state index in [2.05, 4.69) is 19.9 Å². The molecule has 0 aromatic rings. The Balaban J connectivity index is 1.66. The zero-order valence-corrected chi connectivity index (χ0v) is 16.0. The number of hydrogen-bond acceptors (Lipinski definition) is 3. The summed E-state index contributed by atoms with van der Waals surface area (Å²) >= 11 is 0. The van der Waals surface area contributed by atoms with Crippen LogP contribution in [-0.2, 0) is 14.3 Å². The average molecular weight is 345 g/mol. The summed E-state index contributed by atoms with van der Waals surface area (Å²) < 4.78 is 5.34. The van der Waals surface area contributed by atoms with E-state index in [0.717, 1.165) is 32.1 Å². The van der Waals surface area contributed by atoms with Gasteiger partial charge in [0.05, 0.1) is 6.61 Å². The third-order valence-electron chi connectivity index (χ3n) is 8.36. The Morgan fingerprint density at radius 3 is 2.68 bits per heavy atom. The molecule has 138 valence electrons. The minimum atomic E-state index is -0.159. The van der Waals surface area contributed by atoms with Crippen molar-refractivity contribution < 1.29 is 14.3 Å². The first-order valence-corrected chi connectivity index (χ1v) is 9.82. The summed E-state index contributed by atoms with van der Waals surface area (Å²) in [5, 5.41) is 0. The number of carbonyl (C=O) groups is 2. The van der Waals surface area contributed by atoms with Gasteiger partial charge in [0, 0.05) is 36.9 Å². The van der Waals surface area contributed by atoms with Crippen LogP contribution in [0.5, 0.6) is 0 Å². The van der Waals surface area contributed by atoms with Gasteiger partial charge in [-0.2, -0.15) is 0 Å². The Bertz CT molecular complexity index is 629. The maximum atomic E-state index is 13.0. The van der Waals surface area contributed by atoms with Gasteiger partial charge >= 0.3 is 0 Å². The van der Waals surface area contributed by atoms with E-state index in [1.54, 1.807) is 13.2 Å². The molecule has 4 aliphatic rings. The Hall–Kier alpha value is -1.16. The SMILES string of the molecule is COC[C@@H]1C[C@H]2[C@@H]3CC[C@H]4N(C)C(=O)C=C[C@]4(C)[C@H]3CC[C@]2(C)C1=O. The molecule has 4 heteroatoms. The highest BCUT2D eigenvalue weighted by molar-refractivity contribution is 5.90. The molecule has 0 radical (unpaired) electrons. The second kappa shape index (κ2) is 5.67. The van der Waals surface area contributed by atoms with Crippen molar-refractivity contribution in [2.75, 3.05) is 20.8 Å². The largest absolute Gasteiger partial charge is 0.384 e. The van der Waals surface area contributed by atoms with Crippen LogP contribution in [0, 0.1) is 34.5 Å². The summed E-state index contributed by atoms with van der Waals surface area (Å²) in [5.41, 5.74) is -0.108. The zero-order valence-electron chi connectivity index (χ0n) is 16.0. The summed E-state index contributed by atoms with van der Waals surface area (Å²) in [4.78, 5) is 27.1. The maximum absolute atomic E-state index is 13.0. The van der Waals surface area contributed by atoms with Crippen LogP contribution < -0.4 is 0 Å². The number of carbonyl (C=O) groups excluding carboxylic acids is 2. The van der Waals surface area contributed by atoms with Gasteiger partial charge in [0.2, 0.25) is 5.91 Å². The van der Waals surface area contributed by atoms with E-state index in [-0.39, 0.29) is 22.7 Å². The van der Waals surface area contributed by atoms with Crippen molar-refractivity contribution in [3.8, 4) is 0 Å². The van der Waals surface area contributed by atoms with E-state index in [0.29, 0.717) is 36.2 Å². The van der Waals surface area contributed by atoms with Gasteiger partial charge in [-0.25, -0.2) is 0 Å². The highest BCUT2D eigenvalue weighted by Gasteiger charge is 2.62. The van der Waals surface area contributed by atoms with Gasteiger partial charge < -0.3 is 9.64 Å². The van der Waals surface area contributed by atoms with Gasteiger partial charge in [-0.1, -0.05) is 19.9 Å². The molecule has 3 aliphatic carbocycles. The van der Waals surface area contributed by atoms with E-state index in [1.165, 1.54) is 0 Å². The number of methoxy groups -OCH3 is 1. The molecule has 4 rings (SSSR count). The minimum Gasteiger partial charge on any atom is -0.384 e. The lowest BCUT2D eigenvalue weighted by atomic mass is 9.48. The number of nitrogens with zero attached hydrogens (tertiary/aromatic N) is 1. The first kappa shape index (κ1) is 17.3. The van der Waals surface area contributed by atoms with Crippen LogP contribution in [0.15, 0.2) is 12.2 Å². The van der Waals surface area contributed by atoms with Crippen molar-refractivity contribution in [1.29, 1.82) is 0 Å². The van der Waals surface area contributed by atoms with E-state index in [1.807, 2.05) is 11.9 Å². The van der Waals surface area contributed by atoms with Gasteiger partial charge in [0.1, 0.15) is 5.78 Å². The fourth-order valence-electron chi connectivity index (χ4n) is 7.02. The molecular formula is C21H31NO3. The molecule has 7 atom stereocenters. The standard InChI is InChI=1S/C21H31NO3/c1-20-10-8-18(23)22(3)17(20)6-5-14-15(20)7-9-21(2)16(14)11-13(12-25-4)19(21)24/h8,10,13-17H,5-7,9,11-12H2,1-4H3/t13-,14+,15-,16-,17+,20+,21-/m0/s1. The smallest absolute Gasteiger partial charge is 0.246 e. The van der Waals surface area contributed by atoms with Crippen LogP contribution in [0.2, 0.25) is 0 Å². The molecule has 0 spiro atoms. The topological polar surface area (TPSA) is 46.6 Å². The second-order valence-electron chi connectivity index (χ2n) is 9.33. The Morgan fingerprint density at radius 2 is 1.96 bits per heavy atom. The number of ether oxygens (including phenoxy) is 1. The lowest BCUT2D eigenvalue weighted by molar-refractivity contribution is -0.142. The predicted octanol–water partition coefficient (Wildman–Crippen LogP) is 3.07. The van der Waals surface area contributed by atoms with Gasteiger partial charge in [0.25, 0.3) is 0 Å². The van der Waals surface area contributed by atoms with Gasteiger partial charge in [0.15, 0.2) is 0 Å². The fourth-order valence-corrected chi connectivity index (χ4v) is 7.02. The summed E-state index contributed by atoms with van der Waals surface area (Å²) in [5.74, 6) is 2.31. The minimum absolute atomic E-state index is 0.0509. The number of amides is 1. The Kier molecular flexibility index (Phi) is 3.91. The Labute approximate surface area is 151 Å². The number of hydrogen-bond donors (Lipinski definition) is 0. The molecule has 1 heterocycles. The van der Waals surface area contributed by atoms with E-state index in [9.17, 15) is 9.59 Å². The van der Waals surface area contributed by atoms with Crippen LogP contribution in [-0.4, -0.2) is 43.4 Å². The second-order valence-corrected chi connectivity index (χ2v) is 9.33. The third kappa shape index (κ3) is 2.22. The van der Waals surface area contributed by atoms with Crippen LogP contribution in [0.3, 0.4) is 0 Å². The maximum Gasteiger partial charge on any atom is 0.246 e. The quantitative estimate of drug-likeness (QED) is 0.773. The Morgan fingerprint density at radius 1 is 1.20 bits per heavy atom. The number of ketones is 1. The number of rotatable bonds is 2. The molecule has 3 saturated carbocycles. The molecule has 0 bridgehead atoms. The molecule has 0 saturated heterocycles. The van der Waals surface area contributed by atoms with Crippen LogP contribution >= 0.6 is 0 Å². The van der Waals surface area contributed by atoms with Crippen molar-refractivity contribution in [3.63, 3.8) is 0 Å². The molecular weight excluding hydrogens is 314 g/mol. The molecule has 0 aromatic carbocycles. The molecule has 0 unspecified atom stereocenters. The number of Topliss-reactive ketones (excluding diaryl/α,β-unsaturated/α-hetero) is 1. The predicted molar refractivity (Wildman–Crippen MR) is 95.8 cm³/mol. The average Bonchev–Trinajstić information content (AvgIpc) is 2.84. The van der Waals surface area contributed by atoms with E-state index < -0.39 is 0 Å². The molecule has 1 aliphatic heterocycles. The van der Waals surface area contributed by atoms with E-state index in [4.69, 9.17) is 4.74 Å². The van der Waals surface area contributed by atoms with Gasteiger partial charge in [-0.3, -0.25) is 9.59 Å². The number of fused-ring (bicyclic) bond motifs is 5. The highest BCUT2D eigenvalue weighted by atomic mass is 16.5. The molecule has 4 nitrogen and oxygen atoms in total. The van der Waals surface area contributed by atoms with Crippen molar-refractivity contribution in [2.45, 2.75) is 52.0 Å². The fraction of sp³-hybridized carbons (Fsp3) is 0.810. The van der Waals surface area contributed by atoms with Crippen molar-refractivity contribution in [1.82, 2.24) is 4.90 Å². The summed E-state index contributed by atoms with van der Waals surface area (Å²) in [6.07, 6.45) is 9.25. The van der Waals surface area contributed by atoms with Crippen LogP contribution in [0.4, 0.5) is 0 Å². The third-order valence-corrected chi connectivity index (χ3v) is 8.36. The lowest BCUT2D eigenvalue weighted by Gasteiger charge is -2.59. The molecule has 25 heavy (non-hydrogen) atoms. The summed E-state index contributed by atoms with van der Waals surface area (Å²) in [6, 6.07) is 0.308. The normalized spacial score (nSPS) is 49.0. The molecule has 3 fully saturated rings. The summed E-state index contributed by atoms with van der Waals surface area (Å²) in [6.45, 7) is 5.13. The highest BCUT2D eigenvalue weighted by Crippen LogP contribution is 2.63. The first-order valence-electron chi connectivity index (χ1n) is 9.82.